The molecule has 1 heterocycles. The predicted octanol–water partition coefficient (Wildman–Crippen LogP) is 4.14. The first-order chi connectivity index (χ1) is 16.2. The fourth-order valence-corrected chi connectivity index (χ4v) is 2.53. The first-order valence-electron chi connectivity index (χ1n) is 9.69. The van der Waals surface area contributed by atoms with Crippen LogP contribution in [0.3, 0.4) is 0 Å². The lowest BCUT2D eigenvalue weighted by Crippen LogP contribution is -2.35. The third kappa shape index (κ3) is 6.37. The summed E-state index contributed by atoms with van der Waals surface area (Å²) in [6.07, 6.45) is -8.82. The highest BCUT2D eigenvalue weighted by Crippen LogP contribution is 2.28. The zero-order valence-electron chi connectivity index (χ0n) is 17.5. The Morgan fingerprint density at radius 1 is 1.03 bits per heavy atom. The number of carbonyl (C=O) groups excluding carboxylic acids is 2. The van der Waals surface area contributed by atoms with Gasteiger partial charge in [0.25, 0.3) is 5.91 Å². The molecule has 2 N–H and O–H groups in total. The van der Waals surface area contributed by atoms with Gasteiger partial charge < -0.3 is 9.47 Å². The summed E-state index contributed by atoms with van der Waals surface area (Å²) in [5.74, 6) is -1.74. The van der Waals surface area contributed by atoms with Crippen molar-refractivity contribution in [3.63, 3.8) is 0 Å². The summed E-state index contributed by atoms with van der Waals surface area (Å²) in [4.78, 5) is 36.8. The van der Waals surface area contributed by atoms with Crippen LogP contribution in [0.2, 0.25) is 0 Å². The van der Waals surface area contributed by atoms with Gasteiger partial charge in [0.1, 0.15) is 5.75 Å². The van der Waals surface area contributed by atoms with E-state index in [1.54, 1.807) is 37.3 Å². The van der Waals surface area contributed by atoms with Crippen LogP contribution in [0.1, 0.15) is 17.3 Å². The Labute approximate surface area is 190 Å². The highest BCUT2D eigenvalue weighted by molar-refractivity contribution is 6.07. The minimum Gasteiger partial charge on any atom is -0.464 e. The summed E-state index contributed by atoms with van der Waals surface area (Å²) in [5, 5.41) is 4.20. The molecule has 0 aliphatic rings. The van der Waals surface area contributed by atoms with Crippen LogP contribution < -0.4 is 20.1 Å². The van der Waals surface area contributed by atoms with Gasteiger partial charge in [-0.1, -0.05) is 36.4 Å². The average Bonchev–Trinajstić information content (AvgIpc) is 2.79. The van der Waals surface area contributed by atoms with Gasteiger partial charge in [0.05, 0.1) is 6.61 Å². The van der Waals surface area contributed by atoms with Gasteiger partial charge in [-0.15, -0.1) is 0 Å². The number of urea groups is 1. The summed E-state index contributed by atoms with van der Waals surface area (Å²) in [6.45, 7) is 1.95. The number of hydrogen-bond acceptors (Lipinski definition) is 7. The molecule has 0 bridgehead atoms. The van der Waals surface area contributed by atoms with Crippen molar-refractivity contribution in [3.8, 4) is 23.1 Å². The summed E-state index contributed by atoms with van der Waals surface area (Å²) >= 11 is 0. The number of nitrogens with one attached hydrogen (secondary N) is 2. The Hall–Kier alpha value is -4.29. The topological polar surface area (TPSA) is 115 Å². The molecule has 0 fully saturated rings. The lowest BCUT2D eigenvalue weighted by molar-refractivity contribution is -0.253. The molecule has 2 aromatic carbocycles. The highest BCUT2D eigenvalue weighted by atomic mass is 19.3. The molecule has 9 nitrogen and oxygen atoms in total. The Balaban J connectivity index is 1.73. The van der Waals surface area contributed by atoms with Crippen LogP contribution in [0.15, 0.2) is 54.6 Å². The molecule has 0 radical (unpaired) electrons. The number of amides is 3. The number of hydrogen-bond donors (Lipinski definition) is 2. The van der Waals surface area contributed by atoms with Gasteiger partial charge in [0.2, 0.25) is 5.95 Å². The van der Waals surface area contributed by atoms with Crippen molar-refractivity contribution in [1.82, 2.24) is 20.3 Å². The van der Waals surface area contributed by atoms with Crippen molar-refractivity contribution >= 4 is 17.9 Å². The molecular formula is C21H17F4N5O4. The number of nitrogens with zero attached hydrogens (tertiary/aromatic N) is 3. The van der Waals surface area contributed by atoms with Crippen LogP contribution in [0.4, 0.5) is 28.3 Å². The van der Waals surface area contributed by atoms with Gasteiger partial charge in [-0.3, -0.25) is 15.4 Å². The molecule has 13 heteroatoms. The molecule has 3 aromatic rings. The smallest absolute Gasteiger partial charge is 0.461 e. The highest BCUT2D eigenvalue weighted by Gasteiger charge is 2.44. The molecular weight excluding hydrogens is 462 g/mol. The first-order valence-corrected chi connectivity index (χ1v) is 9.69. The van der Waals surface area contributed by atoms with Crippen LogP contribution in [-0.2, 0) is 0 Å². The summed E-state index contributed by atoms with van der Waals surface area (Å²) in [7, 11) is 0. The van der Waals surface area contributed by atoms with Crippen LogP contribution in [0, 0.1) is 0 Å². The van der Waals surface area contributed by atoms with Crippen LogP contribution in [0.25, 0.3) is 11.4 Å². The monoisotopic (exact) mass is 479 g/mol. The van der Waals surface area contributed by atoms with E-state index in [-0.39, 0.29) is 30.0 Å². The van der Waals surface area contributed by atoms with Crippen molar-refractivity contribution in [1.29, 1.82) is 0 Å². The lowest BCUT2D eigenvalue weighted by atomic mass is 10.2. The number of benzene rings is 2. The van der Waals surface area contributed by atoms with Gasteiger partial charge in [-0.2, -0.15) is 32.5 Å². The molecule has 0 unspecified atom stereocenters. The second-order valence-corrected chi connectivity index (χ2v) is 6.46. The molecule has 0 aliphatic carbocycles. The van der Waals surface area contributed by atoms with Crippen molar-refractivity contribution in [2.75, 3.05) is 11.9 Å². The summed E-state index contributed by atoms with van der Waals surface area (Å²) < 4.78 is 60.0. The van der Waals surface area contributed by atoms with Gasteiger partial charge in [-0.05, 0) is 25.1 Å². The number of alkyl halides is 4. The second kappa shape index (κ2) is 10.6. The maximum absolute atomic E-state index is 13.1. The Morgan fingerprint density at radius 3 is 2.44 bits per heavy atom. The number of imide groups is 1. The normalized spacial score (nSPS) is 11.1. The first kappa shape index (κ1) is 24.4. The van der Waals surface area contributed by atoms with E-state index in [2.05, 4.69) is 25.0 Å². The lowest BCUT2D eigenvalue weighted by Gasteiger charge is -2.17. The van der Waals surface area contributed by atoms with Gasteiger partial charge >= 0.3 is 24.6 Å². The SMILES string of the molecule is CCOc1nc(NC(=O)NC(=O)c2cccc(OC(F)(F)C(F)F)c2)nc(-c2ccccc2)n1. The molecule has 178 valence electrons. The van der Waals surface area contributed by atoms with E-state index in [0.29, 0.717) is 5.56 Å². The number of rotatable bonds is 8. The third-order valence-corrected chi connectivity index (χ3v) is 3.98. The van der Waals surface area contributed by atoms with Gasteiger partial charge in [0.15, 0.2) is 5.82 Å². The number of halogens is 4. The molecule has 3 amide bonds. The largest absolute Gasteiger partial charge is 0.464 e. The molecule has 0 saturated carbocycles. The summed E-state index contributed by atoms with van der Waals surface area (Å²) in [5.41, 5.74) is 0.316. The fourth-order valence-electron chi connectivity index (χ4n) is 2.53. The molecule has 0 spiro atoms. The Morgan fingerprint density at radius 2 is 1.76 bits per heavy atom. The minimum atomic E-state index is -4.75. The van der Waals surface area contributed by atoms with E-state index < -0.39 is 30.2 Å². The predicted molar refractivity (Wildman–Crippen MR) is 111 cm³/mol. The number of anilines is 1. The average molecular weight is 479 g/mol. The van der Waals surface area contributed by atoms with Gasteiger partial charge in [0, 0.05) is 11.1 Å². The molecule has 0 aliphatic heterocycles. The van der Waals surface area contributed by atoms with Crippen molar-refractivity contribution in [2.45, 2.75) is 19.5 Å². The number of carbonyl (C=O) groups is 2. The van der Waals surface area contributed by atoms with E-state index >= 15 is 0 Å². The van der Waals surface area contributed by atoms with Crippen LogP contribution >= 0.6 is 0 Å². The number of aromatic nitrogens is 3. The van der Waals surface area contributed by atoms with E-state index in [0.717, 1.165) is 18.2 Å². The molecule has 0 saturated heterocycles. The fraction of sp³-hybridized carbons (Fsp3) is 0.190. The maximum Gasteiger partial charge on any atom is 0.461 e. The molecule has 0 atom stereocenters. The Kier molecular flexibility index (Phi) is 7.56. The van der Waals surface area contributed by atoms with Crippen LogP contribution in [-0.4, -0.2) is 46.0 Å². The molecule has 1 aromatic heterocycles. The quantitative estimate of drug-likeness (QED) is 0.467. The number of ether oxygens (including phenoxy) is 2. The molecule has 3 rings (SSSR count). The third-order valence-electron chi connectivity index (χ3n) is 3.98. The zero-order valence-corrected chi connectivity index (χ0v) is 17.5. The van der Waals surface area contributed by atoms with Crippen molar-refractivity contribution in [2.24, 2.45) is 0 Å². The van der Waals surface area contributed by atoms with Crippen molar-refractivity contribution in [3.05, 3.63) is 60.2 Å². The second-order valence-electron chi connectivity index (χ2n) is 6.46. The standard InChI is InChI=1S/C21H17F4N5O4/c1-2-33-20-27-15(12-7-4-3-5-8-12)26-18(30-20)29-19(32)28-16(31)13-9-6-10-14(11-13)34-21(24,25)17(22)23/h3-11,17H,2H2,1H3,(H2,26,27,28,29,30,31,32). The van der Waals surface area contributed by atoms with E-state index in [1.165, 1.54) is 6.07 Å². The van der Waals surface area contributed by atoms with E-state index in [4.69, 9.17) is 4.74 Å². The zero-order chi connectivity index (χ0) is 24.7. The van der Waals surface area contributed by atoms with E-state index in [9.17, 15) is 27.2 Å². The molecule has 34 heavy (non-hydrogen) atoms. The van der Waals surface area contributed by atoms with Crippen LogP contribution in [0.5, 0.6) is 11.8 Å². The van der Waals surface area contributed by atoms with Gasteiger partial charge in [-0.25, -0.2) is 4.79 Å². The van der Waals surface area contributed by atoms with Crippen molar-refractivity contribution < 1.29 is 36.6 Å². The maximum atomic E-state index is 13.1. The van der Waals surface area contributed by atoms with E-state index in [1.807, 2.05) is 5.32 Å². The summed E-state index contributed by atoms with van der Waals surface area (Å²) in [6, 6.07) is 11.7. The Bertz CT molecular complexity index is 1160. The minimum absolute atomic E-state index is 0.0669.